The SMILES string of the molecule is COC(C1CC1)C(Cc1cc(F)cc(Br)c1)NN. The second-order valence-electron chi connectivity index (χ2n) is 4.79. The highest BCUT2D eigenvalue weighted by Gasteiger charge is 2.36. The summed E-state index contributed by atoms with van der Waals surface area (Å²) in [6, 6.07) is 4.90. The minimum absolute atomic E-state index is 0.0104. The van der Waals surface area contributed by atoms with Crippen molar-refractivity contribution in [3.05, 3.63) is 34.1 Å². The molecule has 18 heavy (non-hydrogen) atoms. The van der Waals surface area contributed by atoms with E-state index in [1.807, 2.05) is 6.07 Å². The number of halogens is 2. The Balaban J connectivity index is 2.08. The summed E-state index contributed by atoms with van der Waals surface area (Å²) in [5.41, 5.74) is 3.71. The average molecular weight is 317 g/mol. The molecular formula is C13H18BrFN2O. The summed E-state index contributed by atoms with van der Waals surface area (Å²) in [4.78, 5) is 0. The maximum absolute atomic E-state index is 13.3. The summed E-state index contributed by atoms with van der Waals surface area (Å²) >= 11 is 3.30. The van der Waals surface area contributed by atoms with Gasteiger partial charge in [-0.25, -0.2) is 4.39 Å². The average Bonchev–Trinajstić information content (AvgIpc) is 3.11. The molecule has 0 spiro atoms. The maximum Gasteiger partial charge on any atom is 0.124 e. The van der Waals surface area contributed by atoms with Crippen molar-refractivity contribution in [2.24, 2.45) is 11.8 Å². The molecule has 0 aromatic heterocycles. The zero-order valence-electron chi connectivity index (χ0n) is 10.3. The van der Waals surface area contributed by atoms with Crippen molar-refractivity contribution >= 4 is 15.9 Å². The second-order valence-corrected chi connectivity index (χ2v) is 5.71. The van der Waals surface area contributed by atoms with Crippen LogP contribution in [-0.4, -0.2) is 19.3 Å². The molecule has 1 aliphatic carbocycles. The Kier molecular flexibility index (Phi) is 4.72. The standard InChI is InChI=1S/C13H18BrFN2O/c1-18-13(9-2-3-9)12(17-16)6-8-4-10(14)7-11(15)5-8/h4-5,7,9,12-13,17H,2-3,6,16H2,1H3. The first-order valence-electron chi connectivity index (χ1n) is 6.08. The molecule has 0 radical (unpaired) electrons. The topological polar surface area (TPSA) is 47.3 Å². The summed E-state index contributed by atoms with van der Waals surface area (Å²) in [5.74, 6) is 5.94. The molecule has 1 aromatic rings. The third-order valence-corrected chi connectivity index (χ3v) is 3.81. The van der Waals surface area contributed by atoms with Crippen molar-refractivity contribution in [1.82, 2.24) is 5.43 Å². The molecule has 3 N–H and O–H groups in total. The van der Waals surface area contributed by atoms with Gasteiger partial charge in [0.15, 0.2) is 0 Å². The molecule has 3 nitrogen and oxygen atoms in total. The predicted octanol–water partition coefficient (Wildman–Crippen LogP) is 2.39. The van der Waals surface area contributed by atoms with E-state index in [1.165, 1.54) is 25.0 Å². The van der Waals surface area contributed by atoms with Crippen LogP contribution in [0, 0.1) is 11.7 Å². The van der Waals surface area contributed by atoms with Crippen LogP contribution in [0.5, 0.6) is 0 Å². The van der Waals surface area contributed by atoms with Crippen LogP contribution in [0.3, 0.4) is 0 Å². The van der Waals surface area contributed by atoms with Gasteiger partial charge in [0, 0.05) is 11.6 Å². The number of benzene rings is 1. The fraction of sp³-hybridized carbons (Fsp3) is 0.538. The van der Waals surface area contributed by atoms with E-state index < -0.39 is 0 Å². The van der Waals surface area contributed by atoms with E-state index in [9.17, 15) is 4.39 Å². The summed E-state index contributed by atoms with van der Waals surface area (Å²) in [7, 11) is 1.70. The van der Waals surface area contributed by atoms with Gasteiger partial charge in [-0.3, -0.25) is 11.3 Å². The molecule has 0 bridgehead atoms. The number of hydrogen-bond acceptors (Lipinski definition) is 3. The summed E-state index contributed by atoms with van der Waals surface area (Å²) in [6.07, 6.45) is 3.12. The van der Waals surface area contributed by atoms with Crippen LogP contribution in [0.4, 0.5) is 4.39 Å². The van der Waals surface area contributed by atoms with Crippen molar-refractivity contribution in [3.63, 3.8) is 0 Å². The van der Waals surface area contributed by atoms with Gasteiger partial charge in [-0.1, -0.05) is 15.9 Å². The number of ether oxygens (including phenoxy) is 1. The Morgan fingerprint density at radius 2 is 2.22 bits per heavy atom. The zero-order valence-corrected chi connectivity index (χ0v) is 11.9. The van der Waals surface area contributed by atoms with Gasteiger partial charge in [0.05, 0.1) is 12.1 Å². The number of rotatable bonds is 6. The predicted molar refractivity (Wildman–Crippen MR) is 72.4 cm³/mol. The van der Waals surface area contributed by atoms with Crippen LogP contribution >= 0.6 is 15.9 Å². The molecule has 2 atom stereocenters. The summed E-state index contributed by atoms with van der Waals surface area (Å²) in [5, 5.41) is 0. The van der Waals surface area contributed by atoms with Gasteiger partial charge in [-0.05, 0) is 48.9 Å². The third kappa shape index (κ3) is 3.51. The number of nitrogens with one attached hydrogen (secondary N) is 1. The monoisotopic (exact) mass is 316 g/mol. The molecule has 2 rings (SSSR count). The number of methoxy groups -OCH3 is 1. The normalized spacial score (nSPS) is 18.7. The van der Waals surface area contributed by atoms with E-state index in [1.54, 1.807) is 7.11 Å². The van der Waals surface area contributed by atoms with E-state index in [-0.39, 0.29) is 18.0 Å². The first-order chi connectivity index (χ1) is 8.63. The van der Waals surface area contributed by atoms with E-state index >= 15 is 0 Å². The maximum atomic E-state index is 13.3. The molecule has 0 heterocycles. The van der Waals surface area contributed by atoms with Crippen molar-refractivity contribution in [3.8, 4) is 0 Å². The van der Waals surface area contributed by atoms with E-state index in [4.69, 9.17) is 10.6 Å². The molecule has 2 unspecified atom stereocenters. The highest BCUT2D eigenvalue weighted by atomic mass is 79.9. The largest absolute Gasteiger partial charge is 0.379 e. The van der Waals surface area contributed by atoms with Crippen LogP contribution in [-0.2, 0) is 11.2 Å². The Bertz CT molecular complexity index is 392. The van der Waals surface area contributed by atoms with Crippen molar-refractivity contribution in [1.29, 1.82) is 0 Å². The van der Waals surface area contributed by atoms with Gasteiger partial charge in [0.25, 0.3) is 0 Å². The van der Waals surface area contributed by atoms with Gasteiger partial charge in [-0.2, -0.15) is 0 Å². The van der Waals surface area contributed by atoms with Crippen molar-refractivity contribution in [2.45, 2.75) is 31.4 Å². The number of hydrazine groups is 1. The van der Waals surface area contributed by atoms with E-state index in [0.29, 0.717) is 12.3 Å². The third-order valence-electron chi connectivity index (χ3n) is 3.35. The smallest absolute Gasteiger partial charge is 0.124 e. The molecule has 5 heteroatoms. The molecular weight excluding hydrogens is 299 g/mol. The van der Waals surface area contributed by atoms with Crippen molar-refractivity contribution < 1.29 is 9.13 Å². The Morgan fingerprint density at radius 3 is 2.72 bits per heavy atom. The van der Waals surface area contributed by atoms with E-state index in [0.717, 1.165) is 10.0 Å². The zero-order chi connectivity index (χ0) is 13.1. The quantitative estimate of drug-likeness (QED) is 0.626. The van der Waals surface area contributed by atoms with Crippen LogP contribution in [0.25, 0.3) is 0 Å². The van der Waals surface area contributed by atoms with Crippen LogP contribution < -0.4 is 11.3 Å². The van der Waals surface area contributed by atoms with Gasteiger partial charge in [-0.15, -0.1) is 0 Å². The van der Waals surface area contributed by atoms with Crippen LogP contribution in [0.2, 0.25) is 0 Å². The lowest BCUT2D eigenvalue weighted by atomic mass is 9.98. The molecule has 1 aromatic carbocycles. The Hall–Kier alpha value is -0.490. The lowest BCUT2D eigenvalue weighted by Crippen LogP contribution is -2.47. The fourth-order valence-corrected chi connectivity index (χ4v) is 2.88. The van der Waals surface area contributed by atoms with Gasteiger partial charge in [0.2, 0.25) is 0 Å². The highest BCUT2D eigenvalue weighted by Crippen LogP contribution is 2.36. The summed E-state index contributed by atoms with van der Waals surface area (Å²) in [6.45, 7) is 0. The Morgan fingerprint density at radius 1 is 1.50 bits per heavy atom. The molecule has 1 saturated carbocycles. The van der Waals surface area contributed by atoms with Gasteiger partial charge < -0.3 is 4.74 Å². The molecule has 0 amide bonds. The first-order valence-corrected chi connectivity index (χ1v) is 6.87. The molecule has 0 aliphatic heterocycles. The number of hydrogen-bond donors (Lipinski definition) is 2. The minimum Gasteiger partial charge on any atom is -0.379 e. The lowest BCUT2D eigenvalue weighted by Gasteiger charge is -2.25. The van der Waals surface area contributed by atoms with Gasteiger partial charge in [0.1, 0.15) is 5.82 Å². The van der Waals surface area contributed by atoms with Crippen LogP contribution in [0.15, 0.2) is 22.7 Å². The second kappa shape index (κ2) is 6.10. The van der Waals surface area contributed by atoms with Gasteiger partial charge >= 0.3 is 0 Å². The van der Waals surface area contributed by atoms with Crippen molar-refractivity contribution in [2.75, 3.05) is 7.11 Å². The first kappa shape index (κ1) is 13.9. The molecule has 0 saturated heterocycles. The molecule has 100 valence electrons. The number of nitrogens with two attached hydrogens (primary N) is 1. The molecule has 1 fully saturated rings. The molecule has 1 aliphatic rings. The minimum atomic E-state index is -0.240. The highest BCUT2D eigenvalue weighted by molar-refractivity contribution is 9.10. The Labute approximate surface area is 115 Å². The van der Waals surface area contributed by atoms with E-state index in [2.05, 4.69) is 21.4 Å². The summed E-state index contributed by atoms with van der Waals surface area (Å²) < 4.78 is 19.6. The fourth-order valence-electron chi connectivity index (χ4n) is 2.36. The van der Waals surface area contributed by atoms with Crippen LogP contribution in [0.1, 0.15) is 18.4 Å². The lowest BCUT2D eigenvalue weighted by molar-refractivity contribution is 0.0511.